The average molecular weight is 265 g/mol. The topological polar surface area (TPSA) is 73.2 Å². The van der Waals surface area contributed by atoms with E-state index in [4.69, 9.17) is 0 Å². The Morgan fingerprint density at radius 1 is 1.32 bits per heavy atom. The van der Waals surface area contributed by atoms with Gasteiger partial charge >= 0.3 is 0 Å². The molecular weight excluding hydrogens is 242 g/mol. The molecule has 0 aromatic heterocycles. The molecular formula is C14H23N3O2. The molecule has 0 radical (unpaired) electrons. The molecule has 0 bridgehead atoms. The fourth-order valence-electron chi connectivity index (χ4n) is 2.34. The summed E-state index contributed by atoms with van der Waals surface area (Å²) < 4.78 is 0. The van der Waals surface area contributed by atoms with Crippen molar-refractivity contribution >= 4 is 11.8 Å². The summed E-state index contributed by atoms with van der Waals surface area (Å²) in [6.07, 6.45) is 3.72. The lowest BCUT2D eigenvalue weighted by Gasteiger charge is -2.27. The number of carbonyl (C=O) groups excluding carboxylic acids is 2. The summed E-state index contributed by atoms with van der Waals surface area (Å²) >= 11 is 0. The highest BCUT2D eigenvalue weighted by Gasteiger charge is 2.30. The van der Waals surface area contributed by atoms with Crippen LogP contribution >= 0.6 is 0 Å². The highest BCUT2D eigenvalue weighted by Crippen LogP contribution is 2.19. The van der Waals surface area contributed by atoms with Gasteiger partial charge in [-0.1, -0.05) is 13.8 Å². The molecule has 1 rings (SSSR count). The van der Waals surface area contributed by atoms with Crippen LogP contribution in [0.2, 0.25) is 0 Å². The van der Waals surface area contributed by atoms with Gasteiger partial charge in [-0.15, -0.1) is 0 Å². The van der Waals surface area contributed by atoms with Crippen molar-refractivity contribution in [3.8, 4) is 6.07 Å². The Kier molecular flexibility index (Phi) is 5.97. The largest absolute Gasteiger partial charge is 0.299 e. The molecule has 5 heteroatoms. The van der Waals surface area contributed by atoms with Crippen LogP contribution < -0.4 is 5.32 Å². The van der Waals surface area contributed by atoms with E-state index in [2.05, 4.69) is 18.3 Å². The molecule has 1 fully saturated rings. The van der Waals surface area contributed by atoms with Crippen LogP contribution in [0, 0.1) is 11.3 Å². The van der Waals surface area contributed by atoms with Crippen LogP contribution in [0.1, 0.15) is 52.4 Å². The van der Waals surface area contributed by atoms with E-state index in [0.717, 1.165) is 19.4 Å². The van der Waals surface area contributed by atoms with Crippen LogP contribution in [0.3, 0.4) is 0 Å². The third-order valence-corrected chi connectivity index (χ3v) is 3.67. The molecule has 0 aromatic rings. The molecule has 1 N–H and O–H groups in total. The molecule has 1 unspecified atom stereocenters. The van der Waals surface area contributed by atoms with Crippen LogP contribution in [0.25, 0.3) is 0 Å². The highest BCUT2D eigenvalue weighted by atomic mass is 16.2. The molecule has 5 nitrogen and oxygen atoms in total. The van der Waals surface area contributed by atoms with Gasteiger partial charge in [-0.05, 0) is 32.2 Å². The monoisotopic (exact) mass is 265 g/mol. The number of rotatable bonds is 8. The van der Waals surface area contributed by atoms with Gasteiger partial charge in [0, 0.05) is 19.4 Å². The Labute approximate surface area is 115 Å². The highest BCUT2D eigenvalue weighted by molar-refractivity contribution is 6.01. The Balaban J connectivity index is 2.46. The zero-order valence-corrected chi connectivity index (χ0v) is 11.9. The molecule has 19 heavy (non-hydrogen) atoms. The molecule has 0 saturated carbocycles. The second-order valence-corrected chi connectivity index (χ2v) is 5.02. The number of hydrogen-bond acceptors (Lipinski definition) is 4. The Bertz CT molecular complexity index is 359. The Hall–Kier alpha value is -1.41. The summed E-state index contributed by atoms with van der Waals surface area (Å²) in [5.41, 5.74) is -0.526. The van der Waals surface area contributed by atoms with Gasteiger partial charge in [0.05, 0.1) is 6.07 Å². The lowest BCUT2D eigenvalue weighted by Crippen LogP contribution is -2.44. The van der Waals surface area contributed by atoms with Crippen LogP contribution in [0.5, 0.6) is 0 Å². The molecule has 1 saturated heterocycles. The van der Waals surface area contributed by atoms with Gasteiger partial charge in [0.1, 0.15) is 5.54 Å². The van der Waals surface area contributed by atoms with Gasteiger partial charge in [0.15, 0.2) is 0 Å². The summed E-state index contributed by atoms with van der Waals surface area (Å²) in [7, 11) is 0. The summed E-state index contributed by atoms with van der Waals surface area (Å²) in [5.74, 6) is -0.156. The molecule has 0 aromatic carbocycles. The van der Waals surface area contributed by atoms with Gasteiger partial charge in [0.2, 0.25) is 11.8 Å². The average Bonchev–Trinajstić information content (AvgIpc) is 2.74. The van der Waals surface area contributed by atoms with Gasteiger partial charge < -0.3 is 0 Å². The first kappa shape index (κ1) is 15.6. The summed E-state index contributed by atoms with van der Waals surface area (Å²) in [5, 5.41) is 12.6. The number of carbonyl (C=O) groups is 2. The first-order valence-electron chi connectivity index (χ1n) is 7.08. The van der Waals surface area contributed by atoms with Crippen molar-refractivity contribution in [3.63, 3.8) is 0 Å². The van der Waals surface area contributed by atoms with E-state index in [0.29, 0.717) is 32.2 Å². The third-order valence-electron chi connectivity index (χ3n) is 3.67. The molecule has 106 valence electrons. The maximum atomic E-state index is 11.5. The Morgan fingerprint density at radius 2 is 1.95 bits per heavy atom. The van der Waals surface area contributed by atoms with E-state index in [1.54, 1.807) is 0 Å². The normalized spacial score (nSPS) is 18.5. The molecule has 2 amide bonds. The second kappa shape index (κ2) is 7.25. The van der Waals surface area contributed by atoms with E-state index in [1.165, 1.54) is 4.90 Å². The molecule has 0 spiro atoms. The smallest absolute Gasteiger partial charge is 0.229 e. The fraction of sp³-hybridized carbons (Fsp3) is 0.786. The maximum absolute atomic E-state index is 11.5. The number of nitrogens with zero attached hydrogens (tertiary/aromatic N) is 2. The quantitative estimate of drug-likeness (QED) is 0.676. The van der Waals surface area contributed by atoms with Crippen LogP contribution in [0.15, 0.2) is 0 Å². The van der Waals surface area contributed by atoms with E-state index >= 15 is 0 Å². The van der Waals surface area contributed by atoms with E-state index in [9.17, 15) is 14.9 Å². The zero-order valence-electron chi connectivity index (χ0n) is 11.9. The van der Waals surface area contributed by atoms with Crippen LogP contribution in [-0.2, 0) is 9.59 Å². The number of amides is 2. The number of nitrogens with one attached hydrogen (secondary N) is 1. The predicted molar refractivity (Wildman–Crippen MR) is 72.1 cm³/mol. The van der Waals surface area contributed by atoms with Gasteiger partial charge in [-0.2, -0.15) is 5.26 Å². The molecule has 1 heterocycles. The first-order valence-corrected chi connectivity index (χ1v) is 7.08. The van der Waals surface area contributed by atoms with E-state index in [-0.39, 0.29) is 11.8 Å². The number of imide groups is 1. The van der Waals surface area contributed by atoms with Gasteiger partial charge in [-0.25, -0.2) is 0 Å². The first-order chi connectivity index (χ1) is 9.08. The summed E-state index contributed by atoms with van der Waals surface area (Å²) in [6.45, 7) is 5.29. The summed E-state index contributed by atoms with van der Waals surface area (Å²) in [4.78, 5) is 24.3. The zero-order chi connectivity index (χ0) is 14.3. The van der Waals surface area contributed by atoms with Crippen LogP contribution in [0.4, 0.5) is 0 Å². The van der Waals surface area contributed by atoms with E-state index in [1.807, 2.05) is 6.92 Å². The lowest BCUT2D eigenvalue weighted by atomic mass is 9.91. The molecule has 0 aliphatic carbocycles. The number of hydrogen-bond donors (Lipinski definition) is 1. The van der Waals surface area contributed by atoms with Crippen molar-refractivity contribution in [3.05, 3.63) is 0 Å². The minimum Gasteiger partial charge on any atom is -0.299 e. The van der Waals surface area contributed by atoms with Gasteiger partial charge in [-0.3, -0.25) is 19.8 Å². The SMILES string of the molecule is CCCNC(C#N)(CC)CCCN1C(=O)CCC1=O. The molecule has 1 aliphatic rings. The third kappa shape index (κ3) is 4.03. The fourth-order valence-corrected chi connectivity index (χ4v) is 2.34. The number of likely N-dealkylation sites (tertiary alicyclic amines) is 1. The second-order valence-electron chi connectivity index (χ2n) is 5.02. The Morgan fingerprint density at radius 3 is 2.42 bits per heavy atom. The van der Waals surface area contributed by atoms with Crippen molar-refractivity contribution in [2.24, 2.45) is 0 Å². The standard InChI is InChI=1S/C14H23N3O2/c1-3-9-16-14(4-2,11-15)8-5-10-17-12(18)6-7-13(17)19/h16H,3-10H2,1-2H3. The van der Waals surface area contributed by atoms with Crippen molar-refractivity contribution in [2.75, 3.05) is 13.1 Å². The van der Waals surface area contributed by atoms with Crippen LogP contribution in [-0.4, -0.2) is 35.3 Å². The minimum atomic E-state index is -0.526. The molecule has 1 atom stereocenters. The van der Waals surface area contributed by atoms with Crippen molar-refractivity contribution in [2.45, 2.75) is 57.9 Å². The van der Waals surface area contributed by atoms with Crippen molar-refractivity contribution in [1.82, 2.24) is 10.2 Å². The minimum absolute atomic E-state index is 0.0782. The maximum Gasteiger partial charge on any atom is 0.229 e. The van der Waals surface area contributed by atoms with E-state index < -0.39 is 5.54 Å². The predicted octanol–water partition coefficient (Wildman–Crippen LogP) is 1.59. The lowest BCUT2D eigenvalue weighted by molar-refractivity contribution is -0.138. The number of nitriles is 1. The van der Waals surface area contributed by atoms with Gasteiger partial charge in [0.25, 0.3) is 0 Å². The van der Waals surface area contributed by atoms with Crippen molar-refractivity contribution in [1.29, 1.82) is 5.26 Å². The molecule has 1 aliphatic heterocycles. The van der Waals surface area contributed by atoms with Crippen molar-refractivity contribution < 1.29 is 9.59 Å². The summed E-state index contributed by atoms with van der Waals surface area (Å²) in [6, 6.07) is 2.35.